The zero-order valence-electron chi connectivity index (χ0n) is 36.6. The van der Waals surface area contributed by atoms with E-state index in [1.165, 1.54) is 13.8 Å². The second-order valence-corrected chi connectivity index (χ2v) is 20.7. The lowest BCUT2D eigenvalue weighted by molar-refractivity contribution is -0.137. The minimum Gasteiger partial charge on any atom is -0.481 e. The third-order valence-electron chi connectivity index (χ3n) is 9.32. The highest BCUT2D eigenvalue weighted by Gasteiger charge is 2.50. The van der Waals surface area contributed by atoms with Crippen molar-refractivity contribution in [1.82, 2.24) is 30.2 Å². The van der Waals surface area contributed by atoms with Gasteiger partial charge in [-0.2, -0.15) is 4.31 Å². The van der Waals surface area contributed by atoms with Crippen molar-refractivity contribution in [1.29, 1.82) is 0 Å². The molecular weight excluding hydrogens is 971 g/mol. The Labute approximate surface area is 389 Å². The number of hydrogen-bond donors (Lipinski definition) is 10. The van der Waals surface area contributed by atoms with Gasteiger partial charge in [-0.05, 0) is 38.5 Å². The number of nitrogen functional groups attached to an aromatic ring is 1. The van der Waals surface area contributed by atoms with Gasteiger partial charge in [-0.15, -0.1) is 0 Å². The molecule has 0 radical (unpaired) electrons. The quantitative estimate of drug-likeness (QED) is 0.0295. The number of carboxylic acid groups (broad SMARTS) is 1. The van der Waals surface area contributed by atoms with Gasteiger partial charge in [0.1, 0.15) is 36.3 Å². The highest BCUT2D eigenvalue weighted by molar-refractivity contribution is 8.13. The molecule has 3 heterocycles. The molecule has 1 saturated heterocycles. The van der Waals surface area contributed by atoms with Crippen LogP contribution in [-0.2, 0) is 55.5 Å². The van der Waals surface area contributed by atoms with Crippen LogP contribution in [0.5, 0.6) is 0 Å². The second kappa shape index (κ2) is 27.4. The van der Waals surface area contributed by atoms with Crippen molar-refractivity contribution in [2.24, 2.45) is 5.41 Å². The molecule has 3 rings (SSSR count). The first-order valence-corrected chi connectivity index (χ1v) is 26.1. The summed E-state index contributed by atoms with van der Waals surface area (Å²) in [4.78, 5) is 98.7. The number of thioether (sulfide) groups is 1. The number of fused-ring (bicyclic) bond motifs is 1. The van der Waals surface area contributed by atoms with E-state index in [0.29, 0.717) is 25.0 Å². The van der Waals surface area contributed by atoms with Crippen LogP contribution in [0.25, 0.3) is 11.2 Å². The van der Waals surface area contributed by atoms with Crippen LogP contribution in [0.3, 0.4) is 0 Å². The second-order valence-electron chi connectivity index (χ2n) is 15.4. The first-order valence-electron chi connectivity index (χ1n) is 20.6. The topological polar surface area (TPSA) is 401 Å². The van der Waals surface area contributed by atoms with Gasteiger partial charge in [0.2, 0.25) is 11.8 Å². The summed E-state index contributed by atoms with van der Waals surface area (Å²) < 4.78 is 62.3. The molecule has 376 valence electrons. The predicted octanol–water partition coefficient (Wildman–Crippen LogP) is 2.54. The van der Waals surface area contributed by atoms with E-state index in [0.717, 1.165) is 54.7 Å². The number of aliphatic carboxylic acids is 1. The standard InChI is InChI=1S/C37H58N7O19P3S/c1-37(2,32(50)35(51)40-18-17-26(45)39-19-20-67-28(48)16-14-12-10-8-6-4-3-5-7-9-11-13-15-27(46)47)22-60-66(57,58)63-65(55,56)59-21-25-31(62-64(52,53)54)30(49)36(61-25)44-24-43-29-33(38)41-23-42-34(29)44/h3-4,7-10,23-25,30-32,36,49-50H,5-6,11-22H2,1-2H3,(H,39,45)(H,40,51)(H,46,47)(H,55,56)(H,57,58)(H2,38,41,42)(H2,52,53,54)/b4-3+,9-7+,10-8+. The van der Waals surface area contributed by atoms with E-state index >= 15 is 0 Å². The minimum atomic E-state index is -5.59. The first-order chi connectivity index (χ1) is 31.4. The molecule has 0 spiro atoms. The number of rotatable bonds is 31. The fourth-order valence-corrected chi connectivity index (χ4v) is 9.43. The molecule has 7 atom stereocenters. The lowest BCUT2D eigenvalue weighted by Gasteiger charge is -2.30. The number of phosphoric acid groups is 3. The highest BCUT2D eigenvalue weighted by Crippen LogP contribution is 2.61. The maximum atomic E-state index is 12.7. The molecule has 0 aliphatic carbocycles. The van der Waals surface area contributed by atoms with Gasteiger partial charge < -0.3 is 56.0 Å². The van der Waals surface area contributed by atoms with Crippen LogP contribution in [0.4, 0.5) is 5.82 Å². The van der Waals surface area contributed by atoms with E-state index in [1.54, 1.807) is 0 Å². The van der Waals surface area contributed by atoms with Crippen molar-refractivity contribution < 1.29 is 90.4 Å². The fraction of sp³-hybridized carbons (Fsp3) is 0.595. The first kappa shape index (κ1) is 57.6. The van der Waals surface area contributed by atoms with E-state index in [4.69, 9.17) is 24.6 Å². The van der Waals surface area contributed by atoms with Crippen LogP contribution in [0.1, 0.15) is 77.9 Å². The lowest BCUT2D eigenvalue weighted by atomic mass is 9.87. The number of allylic oxidation sites excluding steroid dienone is 6. The average molecular weight is 1030 g/mol. The van der Waals surface area contributed by atoms with Crippen LogP contribution in [-0.4, -0.2) is 134 Å². The Morgan fingerprint density at radius 3 is 2.18 bits per heavy atom. The lowest BCUT2D eigenvalue weighted by Crippen LogP contribution is -2.46. The SMILES string of the molecule is CC(C)(COP(=O)(O)OP(=O)(O)OCC1OC(n2cnc3c(N)ncnc32)C(O)C1OP(=O)(O)O)C(O)C(=O)NCCC(=O)NCCSC(=O)CCC/C=C/C/C=C/C/C=C/CCCC(=O)O. The molecule has 0 saturated carbocycles. The van der Waals surface area contributed by atoms with Crippen molar-refractivity contribution in [2.75, 3.05) is 37.8 Å². The van der Waals surface area contributed by atoms with Crippen molar-refractivity contribution in [2.45, 2.75) is 102 Å². The van der Waals surface area contributed by atoms with Gasteiger partial charge in [-0.3, -0.25) is 37.3 Å². The van der Waals surface area contributed by atoms with Gasteiger partial charge in [0, 0.05) is 43.5 Å². The Morgan fingerprint density at radius 1 is 0.910 bits per heavy atom. The van der Waals surface area contributed by atoms with E-state index in [1.807, 2.05) is 36.5 Å². The number of aliphatic hydroxyl groups excluding tert-OH is 2. The number of nitrogens with zero attached hydrogens (tertiary/aromatic N) is 4. The van der Waals surface area contributed by atoms with Gasteiger partial charge in [-0.1, -0.05) is 62.1 Å². The molecule has 1 aliphatic heterocycles. The molecule has 0 bridgehead atoms. The fourth-order valence-electron chi connectivity index (χ4n) is 5.88. The Balaban J connectivity index is 1.33. The highest BCUT2D eigenvalue weighted by atomic mass is 32.2. The number of imidazole rings is 1. The molecule has 1 fully saturated rings. The van der Waals surface area contributed by atoms with Crippen LogP contribution < -0.4 is 16.4 Å². The summed E-state index contributed by atoms with van der Waals surface area (Å²) in [6, 6.07) is 0. The summed E-state index contributed by atoms with van der Waals surface area (Å²) in [5.74, 6) is -1.94. The van der Waals surface area contributed by atoms with Crippen LogP contribution in [0.15, 0.2) is 49.1 Å². The zero-order valence-corrected chi connectivity index (χ0v) is 40.1. The van der Waals surface area contributed by atoms with Gasteiger partial charge >= 0.3 is 29.4 Å². The molecule has 2 aromatic heterocycles. The number of unbranched alkanes of at least 4 members (excludes halogenated alkanes) is 2. The Morgan fingerprint density at radius 2 is 1.54 bits per heavy atom. The number of aliphatic hydroxyl groups is 2. The summed E-state index contributed by atoms with van der Waals surface area (Å²) in [5.41, 5.74) is 4.24. The maximum Gasteiger partial charge on any atom is 0.481 e. The van der Waals surface area contributed by atoms with Gasteiger partial charge in [0.25, 0.3) is 0 Å². The van der Waals surface area contributed by atoms with Crippen molar-refractivity contribution in [3.8, 4) is 0 Å². The summed E-state index contributed by atoms with van der Waals surface area (Å²) >= 11 is 1.09. The monoisotopic (exact) mass is 1030 g/mol. The summed E-state index contributed by atoms with van der Waals surface area (Å²) in [7, 11) is -16.4. The molecule has 0 aromatic carbocycles. The molecule has 67 heavy (non-hydrogen) atoms. The number of phosphoric ester groups is 3. The number of amides is 2. The molecule has 2 aromatic rings. The number of hydrogen-bond acceptors (Lipinski definition) is 19. The number of aromatic nitrogens is 4. The summed E-state index contributed by atoms with van der Waals surface area (Å²) in [6.45, 7) is 0.435. The largest absolute Gasteiger partial charge is 0.481 e. The molecule has 7 unspecified atom stereocenters. The van der Waals surface area contributed by atoms with Crippen LogP contribution in [0, 0.1) is 5.41 Å². The predicted molar refractivity (Wildman–Crippen MR) is 239 cm³/mol. The third-order valence-corrected chi connectivity index (χ3v) is 13.4. The summed E-state index contributed by atoms with van der Waals surface area (Å²) in [6.07, 6.45) is 9.88. The maximum absolute atomic E-state index is 12.7. The van der Waals surface area contributed by atoms with E-state index in [9.17, 15) is 62.7 Å². The number of ether oxygens (including phenoxy) is 1. The average Bonchev–Trinajstić information content (AvgIpc) is 3.80. The molecule has 1 aliphatic rings. The van der Waals surface area contributed by atoms with E-state index < -0.39 is 90.5 Å². The molecular formula is C37H58N7O19P3S. The van der Waals surface area contributed by atoms with E-state index in [2.05, 4.69) is 34.4 Å². The van der Waals surface area contributed by atoms with E-state index in [-0.39, 0.29) is 48.0 Å². The number of nitrogens with one attached hydrogen (secondary N) is 2. The molecule has 30 heteroatoms. The molecule has 11 N–H and O–H groups in total. The Bertz CT molecular complexity index is 2210. The Kier molecular flexibility index (Phi) is 23.6. The number of carbonyl (C=O) groups excluding carboxylic acids is 3. The minimum absolute atomic E-state index is 0.0189. The smallest absolute Gasteiger partial charge is 0.481 e. The third kappa shape index (κ3) is 21.2. The Hall–Kier alpha value is -3.75. The van der Waals surface area contributed by atoms with Crippen molar-refractivity contribution in [3.63, 3.8) is 0 Å². The number of carboxylic acids is 1. The number of carbonyl (C=O) groups is 4. The van der Waals surface area contributed by atoms with Crippen LogP contribution in [0.2, 0.25) is 0 Å². The summed E-state index contributed by atoms with van der Waals surface area (Å²) in [5, 5.41) is 35.1. The number of nitrogens with two attached hydrogens (primary N) is 1. The van der Waals surface area contributed by atoms with Gasteiger partial charge in [0.05, 0.1) is 19.5 Å². The van der Waals surface area contributed by atoms with Gasteiger partial charge in [0.15, 0.2) is 22.8 Å². The van der Waals surface area contributed by atoms with Gasteiger partial charge in [-0.25, -0.2) is 28.6 Å². The normalized spacial score (nSPS) is 20.4. The molecule has 26 nitrogen and oxygen atoms in total. The van der Waals surface area contributed by atoms with Crippen molar-refractivity contribution in [3.05, 3.63) is 49.1 Å². The molecule has 2 amide bonds. The van der Waals surface area contributed by atoms with Crippen LogP contribution >= 0.6 is 35.2 Å². The number of anilines is 1. The zero-order chi connectivity index (χ0) is 49.8. The van der Waals surface area contributed by atoms with Crippen molar-refractivity contribution >= 4 is 75.1 Å².